The van der Waals surface area contributed by atoms with Gasteiger partial charge in [0.1, 0.15) is 11.7 Å². The topological polar surface area (TPSA) is 75.6 Å². The van der Waals surface area contributed by atoms with Crippen LogP contribution in [0.15, 0.2) is 10.9 Å². The highest BCUT2D eigenvalue weighted by Crippen LogP contribution is 2.21. The van der Waals surface area contributed by atoms with Gasteiger partial charge in [-0.15, -0.1) is 0 Å². The predicted molar refractivity (Wildman–Crippen MR) is 72.7 cm³/mol. The molecule has 1 aromatic rings. The Hall–Kier alpha value is -1.36. The number of alkyl carbamates (subject to hydrolysis) is 1. The van der Waals surface area contributed by atoms with Crippen molar-refractivity contribution in [1.29, 1.82) is 0 Å². The molecule has 5 heteroatoms. The van der Waals surface area contributed by atoms with E-state index >= 15 is 0 Å². The summed E-state index contributed by atoms with van der Waals surface area (Å²) in [5.41, 5.74) is -0.337. The van der Waals surface area contributed by atoms with Crippen LogP contribution >= 0.6 is 0 Å². The van der Waals surface area contributed by atoms with Gasteiger partial charge in [-0.2, -0.15) is 0 Å². The van der Waals surface area contributed by atoms with Crippen LogP contribution in [0.2, 0.25) is 0 Å². The summed E-state index contributed by atoms with van der Waals surface area (Å²) < 4.78 is 5.16. The highest BCUT2D eigenvalue weighted by Gasteiger charge is 2.29. The normalized spacial score (nSPS) is 15.2. The molecule has 1 amide bonds. The van der Waals surface area contributed by atoms with Crippen molar-refractivity contribution in [3.05, 3.63) is 21.9 Å². The molecule has 0 aliphatic rings. The summed E-state index contributed by atoms with van der Waals surface area (Å²) in [5.74, 6) is 0. The number of carbonyl (C=O) groups is 1. The lowest BCUT2D eigenvalue weighted by molar-refractivity contribution is 0.0414. The minimum absolute atomic E-state index is 0.139. The molecule has 0 bridgehead atoms. The molecule has 0 spiro atoms. The van der Waals surface area contributed by atoms with Crippen molar-refractivity contribution in [2.24, 2.45) is 0 Å². The summed E-state index contributed by atoms with van der Waals surface area (Å²) >= 11 is 0. The second-order valence-corrected chi connectivity index (χ2v) is 5.80. The van der Waals surface area contributed by atoms with Crippen molar-refractivity contribution in [1.82, 2.24) is 5.32 Å². The number of carbonyl (C=O) groups excluding carboxylic acids is 1. The first-order valence-electron chi connectivity index (χ1n) is 6.68. The fourth-order valence-electron chi connectivity index (χ4n) is 1.74. The van der Waals surface area contributed by atoms with E-state index in [-0.39, 0.29) is 5.43 Å². The largest absolute Gasteiger partial charge is 0.444 e. The fourth-order valence-corrected chi connectivity index (χ4v) is 1.74. The Bertz CT molecular complexity index is 426. The van der Waals surface area contributed by atoms with Crippen LogP contribution in [0.4, 0.5) is 4.79 Å². The monoisotopic (exact) mass is 269 g/mol. The van der Waals surface area contributed by atoms with Gasteiger partial charge < -0.3 is 15.2 Å². The molecule has 19 heavy (non-hydrogen) atoms. The van der Waals surface area contributed by atoms with Crippen molar-refractivity contribution in [3.8, 4) is 0 Å². The third-order valence-electron chi connectivity index (χ3n) is 2.76. The van der Waals surface area contributed by atoms with Gasteiger partial charge in [-0.25, -0.2) is 4.79 Å². The van der Waals surface area contributed by atoms with Gasteiger partial charge in [0.05, 0.1) is 6.04 Å². The first-order valence-corrected chi connectivity index (χ1v) is 6.68. The second kappa shape index (κ2) is 6.19. The van der Waals surface area contributed by atoms with Crippen molar-refractivity contribution >= 4 is 6.09 Å². The van der Waals surface area contributed by atoms with Crippen LogP contribution in [0.3, 0.4) is 0 Å². The SMILES string of the molecule is CCCC[C@H](NC(=O)OC(C)(C)C)C(O)c1cc1=O. The third-order valence-corrected chi connectivity index (χ3v) is 2.76. The summed E-state index contributed by atoms with van der Waals surface area (Å²) in [6.07, 6.45) is 0.917. The first-order chi connectivity index (χ1) is 8.74. The summed E-state index contributed by atoms with van der Waals surface area (Å²) in [4.78, 5) is 22.7. The Kier molecular flexibility index (Phi) is 5.11. The molecule has 5 nitrogen and oxygen atoms in total. The van der Waals surface area contributed by atoms with Crippen LogP contribution < -0.4 is 10.7 Å². The average molecular weight is 269 g/mol. The molecule has 1 rings (SSSR count). The lowest BCUT2D eigenvalue weighted by atomic mass is 10.0. The number of rotatable bonds is 6. The number of amides is 1. The van der Waals surface area contributed by atoms with E-state index < -0.39 is 23.8 Å². The lowest BCUT2D eigenvalue weighted by Gasteiger charge is -2.25. The van der Waals surface area contributed by atoms with Gasteiger partial charge in [-0.3, -0.25) is 4.79 Å². The van der Waals surface area contributed by atoms with E-state index in [9.17, 15) is 14.7 Å². The smallest absolute Gasteiger partial charge is 0.407 e. The highest BCUT2D eigenvalue weighted by atomic mass is 16.6. The Labute approximate surface area is 113 Å². The van der Waals surface area contributed by atoms with Crippen LogP contribution in [0.1, 0.15) is 58.6 Å². The maximum Gasteiger partial charge on any atom is 0.407 e. The quantitative estimate of drug-likeness (QED) is 0.828. The number of hydrogen-bond donors (Lipinski definition) is 2. The molecule has 108 valence electrons. The maximum absolute atomic E-state index is 11.7. The molecular formula is C14H23NO4. The van der Waals surface area contributed by atoms with Crippen LogP contribution in [-0.2, 0) is 4.74 Å². The van der Waals surface area contributed by atoms with Crippen LogP contribution in [0.5, 0.6) is 0 Å². The van der Waals surface area contributed by atoms with Crippen molar-refractivity contribution in [2.75, 3.05) is 0 Å². The standard InChI is InChI=1S/C14H23NO4/c1-5-6-7-10(12(17)9-8-11(9)16)15-13(18)19-14(2,3)4/h8,10,12,17H,5-7H2,1-4H3,(H,15,18)/t10-,12?/m0/s1. The van der Waals surface area contributed by atoms with E-state index in [0.717, 1.165) is 12.8 Å². The minimum atomic E-state index is -0.938. The van der Waals surface area contributed by atoms with Crippen LogP contribution in [0.25, 0.3) is 0 Å². The highest BCUT2D eigenvalue weighted by molar-refractivity contribution is 5.68. The summed E-state index contributed by atoms with van der Waals surface area (Å²) in [6.45, 7) is 7.35. The molecule has 2 N–H and O–H groups in total. The zero-order chi connectivity index (χ0) is 14.6. The van der Waals surface area contributed by atoms with E-state index in [0.29, 0.717) is 12.0 Å². The minimum Gasteiger partial charge on any atom is -0.444 e. The van der Waals surface area contributed by atoms with E-state index in [1.165, 1.54) is 6.07 Å². The number of unbranched alkanes of at least 4 members (excludes halogenated alkanes) is 1. The Morgan fingerprint density at radius 2 is 2.05 bits per heavy atom. The number of ether oxygens (including phenoxy) is 1. The van der Waals surface area contributed by atoms with Gasteiger partial charge in [-0.1, -0.05) is 19.8 Å². The molecule has 2 atom stereocenters. The van der Waals surface area contributed by atoms with Crippen LogP contribution in [0, 0.1) is 0 Å². The van der Waals surface area contributed by atoms with E-state index in [1.807, 2.05) is 6.92 Å². The zero-order valence-corrected chi connectivity index (χ0v) is 12.0. The number of hydrogen-bond acceptors (Lipinski definition) is 4. The average Bonchev–Trinajstić information content (AvgIpc) is 2.98. The molecule has 0 fully saturated rings. The molecule has 0 heterocycles. The van der Waals surface area contributed by atoms with E-state index in [2.05, 4.69) is 5.32 Å². The first kappa shape index (κ1) is 15.7. The van der Waals surface area contributed by atoms with Crippen molar-refractivity contribution < 1.29 is 14.6 Å². The summed E-state index contributed by atoms with van der Waals surface area (Å²) in [6, 6.07) is 0.910. The molecule has 0 aliphatic carbocycles. The van der Waals surface area contributed by atoms with Crippen LogP contribution in [-0.4, -0.2) is 22.8 Å². The molecule has 1 aromatic carbocycles. The molecule has 0 saturated heterocycles. The third kappa shape index (κ3) is 5.42. The lowest BCUT2D eigenvalue weighted by Crippen LogP contribution is -2.42. The molecular weight excluding hydrogens is 246 g/mol. The van der Waals surface area contributed by atoms with Gasteiger partial charge in [0.15, 0.2) is 5.43 Å². The molecule has 0 saturated carbocycles. The predicted octanol–water partition coefficient (Wildman–Crippen LogP) is 2.04. The number of aliphatic hydroxyl groups excluding tert-OH is 1. The Balaban J connectivity index is 2.59. The Morgan fingerprint density at radius 3 is 2.47 bits per heavy atom. The van der Waals surface area contributed by atoms with Gasteiger partial charge >= 0.3 is 6.09 Å². The zero-order valence-electron chi connectivity index (χ0n) is 12.0. The maximum atomic E-state index is 11.7. The van der Waals surface area contributed by atoms with Gasteiger partial charge in [0.2, 0.25) is 0 Å². The Morgan fingerprint density at radius 1 is 1.47 bits per heavy atom. The molecule has 0 aliphatic heterocycles. The molecule has 0 aromatic heterocycles. The second-order valence-electron chi connectivity index (χ2n) is 5.80. The summed E-state index contributed by atoms with van der Waals surface area (Å²) in [5, 5.41) is 12.7. The van der Waals surface area contributed by atoms with Gasteiger partial charge in [-0.05, 0) is 33.3 Å². The van der Waals surface area contributed by atoms with Crippen molar-refractivity contribution in [2.45, 2.75) is 64.7 Å². The fraction of sp³-hybridized carbons (Fsp3) is 0.714. The van der Waals surface area contributed by atoms with Gasteiger partial charge in [0.25, 0.3) is 0 Å². The van der Waals surface area contributed by atoms with E-state index in [4.69, 9.17) is 4.74 Å². The summed E-state index contributed by atoms with van der Waals surface area (Å²) in [7, 11) is 0. The number of nitrogens with one attached hydrogen (secondary N) is 1. The van der Waals surface area contributed by atoms with E-state index in [1.54, 1.807) is 20.8 Å². The molecule has 0 radical (unpaired) electrons. The number of aliphatic hydroxyl groups is 1. The van der Waals surface area contributed by atoms with Gasteiger partial charge in [0, 0.05) is 5.56 Å². The molecule has 1 unspecified atom stereocenters. The van der Waals surface area contributed by atoms with Crippen molar-refractivity contribution in [3.63, 3.8) is 0 Å².